The molecule has 0 bridgehead atoms. The Bertz CT molecular complexity index is 690. The largest absolute Gasteiger partial charge is 0.443 e. The van der Waals surface area contributed by atoms with Crippen LogP contribution in [0.4, 0.5) is 0 Å². The second-order valence-corrected chi connectivity index (χ2v) is 6.98. The molecule has 0 saturated heterocycles. The molecule has 1 heterocycles. The van der Waals surface area contributed by atoms with Crippen molar-refractivity contribution in [2.75, 3.05) is 6.26 Å². The Hall–Kier alpha value is -1.66. The van der Waals surface area contributed by atoms with E-state index < -0.39 is 9.84 Å². The van der Waals surface area contributed by atoms with E-state index in [0.29, 0.717) is 23.9 Å². The van der Waals surface area contributed by atoms with Gasteiger partial charge in [0.15, 0.2) is 22.0 Å². The lowest BCUT2D eigenvalue weighted by Crippen LogP contribution is -2.22. The van der Waals surface area contributed by atoms with Gasteiger partial charge in [-0.2, -0.15) is 0 Å². The molecule has 0 amide bonds. The van der Waals surface area contributed by atoms with Gasteiger partial charge in [-0.05, 0) is 12.1 Å². The van der Waals surface area contributed by atoms with Crippen molar-refractivity contribution in [2.24, 2.45) is 0 Å². The molecule has 0 aliphatic rings. The first-order valence-corrected chi connectivity index (χ1v) is 8.23. The average Bonchev–Trinajstić information content (AvgIpc) is 2.83. The minimum absolute atomic E-state index is 0.272. The number of hydrogen-bond donors (Lipinski definition) is 1. The summed E-state index contributed by atoms with van der Waals surface area (Å²) in [6.07, 6.45) is 2.56. The maximum atomic E-state index is 11.6. The van der Waals surface area contributed by atoms with E-state index in [9.17, 15) is 8.42 Å². The fraction of sp³-hybridized carbons (Fsp3) is 0.357. The smallest absolute Gasteiger partial charge is 0.181 e. The van der Waals surface area contributed by atoms with Crippen LogP contribution in [-0.2, 0) is 16.4 Å². The molecule has 6 heteroatoms. The lowest BCUT2D eigenvalue weighted by atomic mass is 10.1. The fourth-order valence-electron chi connectivity index (χ4n) is 1.80. The first kappa shape index (κ1) is 14.7. The average molecular weight is 294 g/mol. The first-order valence-electron chi connectivity index (χ1n) is 6.34. The van der Waals surface area contributed by atoms with Crippen LogP contribution < -0.4 is 5.32 Å². The summed E-state index contributed by atoms with van der Waals surface area (Å²) in [6.45, 7) is 4.67. The van der Waals surface area contributed by atoms with E-state index in [1.54, 1.807) is 18.2 Å². The maximum absolute atomic E-state index is 11.6. The Morgan fingerprint density at radius 2 is 2.10 bits per heavy atom. The topological polar surface area (TPSA) is 72.2 Å². The Labute approximate surface area is 119 Å². The number of benzene rings is 1. The van der Waals surface area contributed by atoms with E-state index in [1.165, 1.54) is 12.6 Å². The van der Waals surface area contributed by atoms with E-state index >= 15 is 0 Å². The number of rotatable bonds is 5. The van der Waals surface area contributed by atoms with Crippen LogP contribution in [0.2, 0.25) is 0 Å². The highest BCUT2D eigenvalue weighted by atomic mass is 32.2. The number of nitrogens with zero attached hydrogens (tertiary/aromatic N) is 1. The molecule has 1 N–H and O–H groups in total. The summed E-state index contributed by atoms with van der Waals surface area (Å²) < 4.78 is 28.6. The molecule has 2 rings (SSSR count). The van der Waals surface area contributed by atoms with Gasteiger partial charge in [0.2, 0.25) is 0 Å². The van der Waals surface area contributed by atoms with E-state index in [0.717, 1.165) is 5.69 Å². The minimum Gasteiger partial charge on any atom is -0.443 e. The Kier molecular flexibility index (Phi) is 4.25. The summed E-state index contributed by atoms with van der Waals surface area (Å²) in [6, 6.07) is 7.03. The standard InChI is InChI=1S/C14H18N2O3S/c1-10(2)15-8-13-14(19-9-16-13)11-5-4-6-12(7-11)20(3,17)18/h4-7,9-10,15H,8H2,1-3H3. The molecule has 0 spiro atoms. The van der Waals surface area contributed by atoms with Crippen LogP contribution in [0.1, 0.15) is 19.5 Å². The normalized spacial score (nSPS) is 12.0. The number of aromatic nitrogens is 1. The van der Waals surface area contributed by atoms with Crippen molar-refractivity contribution in [3.05, 3.63) is 36.4 Å². The summed E-state index contributed by atoms with van der Waals surface area (Å²) in [7, 11) is -3.23. The Morgan fingerprint density at radius 3 is 2.75 bits per heavy atom. The van der Waals surface area contributed by atoms with Crippen LogP contribution in [0, 0.1) is 0 Å². The third kappa shape index (κ3) is 3.46. The zero-order valence-electron chi connectivity index (χ0n) is 11.8. The van der Waals surface area contributed by atoms with Gasteiger partial charge < -0.3 is 9.73 Å². The molecular formula is C14H18N2O3S. The number of sulfone groups is 1. The molecule has 108 valence electrons. The van der Waals surface area contributed by atoms with Gasteiger partial charge in [-0.1, -0.05) is 26.0 Å². The molecule has 0 aliphatic heterocycles. The van der Waals surface area contributed by atoms with Crippen LogP contribution >= 0.6 is 0 Å². The molecule has 1 aromatic carbocycles. The van der Waals surface area contributed by atoms with E-state index in [-0.39, 0.29) is 4.90 Å². The Morgan fingerprint density at radius 1 is 1.35 bits per heavy atom. The van der Waals surface area contributed by atoms with Gasteiger partial charge in [0.25, 0.3) is 0 Å². The molecule has 0 atom stereocenters. The second kappa shape index (κ2) is 5.76. The molecule has 0 aliphatic carbocycles. The van der Waals surface area contributed by atoms with Gasteiger partial charge in [0, 0.05) is 24.4 Å². The van der Waals surface area contributed by atoms with Crippen molar-refractivity contribution in [3.8, 4) is 11.3 Å². The molecule has 0 radical (unpaired) electrons. The van der Waals surface area contributed by atoms with Gasteiger partial charge in [-0.3, -0.25) is 0 Å². The summed E-state index contributed by atoms with van der Waals surface area (Å²) in [4.78, 5) is 4.45. The van der Waals surface area contributed by atoms with Crippen molar-refractivity contribution in [1.82, 2.24) is 10.3 Å². The molecule has 5 nitrogen and oxygen atoms in total. The monoisotopic (exact) mass is 294 g/mol. The van der Waals surface area contributed by atoms with Gasteiger partial charge in [0.1, 0.15) is 5.69 Å². The predicted molar refractivity (Wildman–Crippen MR) is 77.0 cm³/mol. The van der Waals surface area contributed by atoms with Gasteiger partial charge >= 0.3 is 0 Å². The molecule has 2 aromatic rings. The minimum atomic E-state index is -3.23. The highest BCUT2D eigenvalue weighted by Gasteiger charge is 2.14. The number of oxazole rings is 1. The lowest BCUT2D eigenvalue weighted by Gasteiger charge is -2.07. The Balaban J connectivity index is 2.35. The van der Waals surface area contributed by atoms with Crippen molar-refractivity contribution in [1.29, 1.82) is 0 Å². The third-order valence-electron chi connectivity index (χ3n) is 2.84. The lowest BCUT2D eigenvalue weighted by molar-refractivity contribution is 0.562. The van der Waals surface area contributed by atoms with Crippen molar-refractivity contribution < 1.29 is 12.8 Å². The predicted octanol–water partition coefficient (Wildman–Crippen LogP) is 2.24. The summed E-state index contributed by atoms with van der Waals surface area (Å²) in [5.41, 5.74) is 1.48. The number of hydrogen-bond acceptors (Lipinski definition) is 5. The van der Waals surface area contributed by atoms with Crippen LogP contribution in [0.15, 0.2) is 40.0 Å². The molecular weight excluding hydrogens is 276 g/mol. The molecule has 20 heavy (non-hydrogen) atoms. The SMILES string of the molecule is CC(C)NCc1ncoc1-c1cccc(S(C)(=O)=O)c1. The third-order valence-corrected chi connectivity index (χ3v) is 3.95. The summed E-state index contributed by atoms with van der Waals surface area (Å²) in [5, 5.41) is 3.26. The molecule has 1 aromatic heterocycles. The zero-order chi connectivity index (χ0) is 14.8. The maximum Gasteiger partial charge on any atom is 0.181 e. The van der Waals surface area contributed by atoms with E-state index in [1.807, 2.05) is 19.9 Å². The van der Waals surface area contributed by atoms with E-state index in [2.05, 4.69) is 10.3 Å². The zero-order valence-corrected chi connectivity index (χ0v) is 12.6. The van der Waals surface area contributed by atoms with Gasteiger partial charge in [0.05, 0.1) is 4.90 Å². The van der Waals surface area contributed by atoms with Crippen LogP contribution in [0.25, 0.3) is 11.3 Å². The van der Waals surface area contributed by atoms with Gasteiger partial charge in [-0.15, -0.1) is 0 Å². The number of nitrogens with one attached hydrogen (secondary N) is 1. The quantitative estimate of drug-likeness (QED) is 0.915. The van der Waals surface area contributed by atoms with Crippen molar-refractivity contribution in [3.63, 3.8) is 0 Å². The van der Waals surface area contributed by atoms with Crippen LogP contribution in [0.5, 0.6) is 0 Å². The highest BCUT2D eigenvalue weighted by Crippen LogP contribution is 2.25. The molecule has 0 fully saturated rings. The highest BCUT2D eigenvalue weighted by molar-refractivity contribution is 7.90. The summed E-state index contributed by atoms with van der Waals surface area (Å²) >= 11 is 0. The van der Waals surface area contributed by atoms with Crippen molar-refractivity contribution in [2.45, 2.75) is 31.3 Å². The first-order chi connectivity index (χ1) is 9.38. The molecule has 0 saturated carbocycles. The summed E-state index contributed by atoms with van der Waals surface area (Å²) in [5.74, 6) is 0.601. The van der Waals surface area contributed by atoms with Crippen molar-refractivity contribution >= 4 is 9.84 Å². The van der Waals surface area contributed by atoms with Gasteiger partial charge in [-0.25, -0.2) is 13.4 Å². The van der Waals surface area contributed by atoms with Crippen LogP contribution in [-0.4, -0.2) is 25.7 Å². The second-order valence-electron chi connectivity index (χ2n) is 4.96. The molecule has 0 unspecified atom stereocenters. The fourth-order valence-corrected chi connectivity index (χ4v) is 2.47. The van der Waals surface area contributed by atoms with E-state index in [4.69, 9.17) is 4.42 Å². The van der Waals surface area contributed by atoms with Crippen LogP contribution in [0.3, 0.4) is 0 Å².